The van der Waals surface area contributed by atoms with Gasteiger partial charge in [0.2, 0.25) is 0 Å². The normalized spacial score (nSPS) is 14.3. The Morgan fingerprint density at radius 3 is 1.29 bits per heavy atom. The van der Waals surface area contributed by atoms with Gasteiger partial charge in [0.1, 0.15) is 30.9 Å². The fraction of sp³-hybridized carbons (Fsp3) is 0.658. The van der Waals surface area contributed by atoms with Crippen molar-refractivity contribution in [2.45, 2.75) is 122 Å². The number of nitrogens with zero attached hydrogens (tertiary/aromatic N) is 2. The molecule has 0 saturated carbocycles. The number of ether oxygens (including phenoxy) is 2. The van der Waals surface area contributed by atoms with Crippen molar-refractivity contribution in [2.75, 3.05) is 26.3 Å². The van der Waals surface area contributed by atoms with E-state index >= 15 is 0 Å². The van der Waals surface area contributed by atoms with Crippen LogP contribution >= 0.6 is 0 Å². The van der Waals surface area contributed by atoms with Gasteiger partial charge in [-0.15, -0.1) is 10.1 Å². The summed E-state index contributed by atoms with van der Waals surface area (Å²) in [7, 11) is 0. The fourth-order valence-electron chi connectivity index (χ4n) is 5.30. The Morgan fingerprint density at radius 1 is 0.525 bits per heavy atom. The van der Waals surface area contributed by atoms with Crippen LogP contribution in [0.5, 0.6) is 0 Å². The SMILES string of the molecule is O=CCCC(CC=O)COC(=O)NCCCCC(=O)CCCC(=O)ON1C(=O)CCC1=O.O=CCCC(CC=O)COC(=O)NCCCCC(=O)ON1C(=O)CCC1=O. The third-order valence-corrected chi connectivity index (χ3v) is 8.61. The highest BCUT2D eigenvalue weighted by Crippen LogP contribution is 2.15. The lowest BCUT2D eigenvalue weighted by Crippen LogP contribution is -2.32. The molecule has 59 heavy (non-hydrogen) atoms. The number of alkyl carbamates (subject to hydrolysis) is 2. The van der Waals surface area contributed by atoms with Crippen molar-refractivity contribution >= 4 is 78.7 Å². The third kappa shape index (κ3) is 23.8. The quantitative estimate of drug-likeness (QED) is 0.0595. The lowest BCUT2D eigenvalue weighted by atomic mass is 10.0. The van der Waals surface area contributed by atoms with Crippen LogP contribution in [0.25, 0.3) is 0 Å². The Hall–Kier alpha value is -5.89. The first kappa shape index (κ1) is 51.1. The maximum Gasteiger partial charge on any atom is 0.407 e. The van der Waals surface area contributed by atoms with Crippen molar-refractivity contribution in [3.05, 3.63) is 0 Å². The van der Waals surface area contributed by atoms with Crippen LogP contribution in [-0.4, -0.2) is 115 Å². The molecule has 2 fully saturated rings. The predicted octanol–water partition coefficient (Wildman–Crippen LogP) is 2.09. The van der Waals surface area contributed by atoms with E-state index in [0.29, 0.717) is 74.5 Å². The van der Waals surface area contributed by atoms with Gasteiger partial charge in [-0.3, -0.25) is 24.0 Å². The summed E-state index contributed by atoms with van der Waals surface area (Å²) in [5.74, 6) is -3.98. The van der Waals surface area contributed by atoms with E-state index in [2.05, 4.69) is 10.6 Å². The lowest BCUT2D eigenvalue weighted by Gasteiger charge is -2.14. The summed E-state index contributed by atoms with van der Waals surface area (Å²) >= 11 is 0. The largest absolute Gasteiger partial charge is 0.449 e. The summed E-state index contributed by atoms with van der Waals surface area (Å²) in [4.78, 5) is 155. The Kier molecular flexibility index (Phi) is 27.0. The third-order valence-electron chi connectivity index (χ3n) is 8.61. The van der Waals surface area contributed by atoms with Crippen LogP contribution in [0.3, 0.4) is 0 Å². The fourth-order valence-corrected chi connectivity index (χ4v) is 5.30. The molecule has 2 atom stereocenters. The molecule has 0 spiro atoms. The van der Waals surface area contributed by atoms with Crippen LogP contribution in [0.1, 0.15) is 122 Å². The minimum atomic E-state index is -0.731. The molecule has 0 aromatic rings. The van der Waals surface area contributed by atoms with E-state index in [1.807, 2.05) is 0 Å². The minimum absolute atomic E-state index is 0.000885. The predicted molar refractivity (Wildman–Crippen MR) is 199 cm³/mol. The number of rotatable bonds is 30. The van der Waals surface area contributed by atoms with E-state index in [0.717, 1.165) is 25.1 Å². The number of imide groups is 2. The number of hydroxylamine groups is 4. The molecule has 0 bridgehead atoms. The van der Waals surface area contributed by atoms with Gasteiger partial charge in [-0.25, -0.2) is 19.2 Å². The van der Waals surface area contributed by atoms with Gasteiger partial charge in [-0.2, -0.15) is 0 Å². The standard InChI is InChI=1S/C21H30N2O9.C17H24N2O8/c24-13-4-5-16(11-14-25)15-31-21(30)22-12-2-1-6-17(26)7-3-8-20(29)32-23-18(27)9-10-19(23)28;20-10-3-4-13(8-11-21)12-26-17(25)18-9-2-1-5-16(24)27-19-14(22)6-7-15(19)23/h13-14,16H,1-12,15H2,(H,22,30);10-11,13H,1-9,12H2,(H,18,25). The van der Waals surface area contributed by atoms with Crippen molar-refractivity contribution in [1.29, 1.82) is 0 Å². The number of nitrogens with one attached hydrogen (secondary N) is 2. The van der Waals surface area contributed by atoms with Crippen LogP contribution in [0.2, 0.25) is 0 Å². The zero-order chi connectivity index (χ0) is 43.8. The topological polar surface area (TPSA) is 289 Å². The zero-order valence-corrected chi connectivity index (χ0v) is 33.1. The number of hydrogen-bond donors (Lipinski definition) is 2. The molecule has 2 saturated heterocycles. The maximum absolute atomic E-state index is 11.9. The van der Waals surface area contributed by atoms with Gasteiger partial charge in [0, 0.05) is 102 Å². The van der Waals surface area contributed by atoms with Gasteiger partial charge >= 0.3 is 24.1 Å². The summed E-state index contributed by atoms with van der Waals surface area (Å²) in [6.45, 7) is 0.686. The number of Topliss-reactive ketones (excluding diaryl/α,β-unsaturated/α-hetero) is 1. The first-order valence-electron chi connectivity index (χ1n) is 19.6. The van der Waals surface area contributed by atoms with Gasteiger partial charge < -0.3 is 49.0 Å². The molecule has 2 heterocycles. The first-order chi connectivity index (χ1) is 28.3. The molecular weight excluding hydrogens is 784 g/mol. The van der Waals surface area contributed by atoms with Crippen molar-refractivity contribution < 1.29 is 81.5 Å². The first-order valence-corrected chi connectivity index (χ1v) is 19.6. The average Bonchev–Trinajstić information content (AvgIpc) is 3.70. The van der Waals surface area contributed by atoms with Gasteiger partial charge in [0.15, 0.2) is 0 Å². The number of hydrogen-bond acceptors (Lipinski definition) is 17. The molecule has 0 aliphatic carbocycles. The molecule has 6 amide bonds. The van der Waals surface area contributed by atoms with Gasteiger partial charge in [-0.1, -0.05) is 0 Å². The average molecular weight is 839 g/mol. The maximum atomic E-state index is 11.9. The Morgan fingerprint density at radius 2 is 0.898 bits per heavy atom. The van der Waals surface area contributed by atoms with Crippen molar-refractivity contribution in [3.63, 3.8) is 0 Å². The minimum Gasteiger partial charge on any atom is -0.449 e. The summed E-state index contributed by atoms with van der Waals surface area (Å²) in [6, 6.07) is 0. The van der Waals surface area contributed by atoms with Gasteiger partial charge in [0.25, 0.3) is 23.6 Å². The highest BCUT2D eigenvalue weighted by molar-refractivity contribution is 6.02. The second-order valence-corrected chi connectivity index (χ2v) is 13.5. The van der Waals surface area contributed by atoms with E-state index < -0.39 is 47.8 Å². The van der Waals surface area contributed by atoms with E-state index in [1.54, 1.807) is 0 Å². The Balaban J connectivity index is 0.000000599. The molecule has 328 valence electrons. The van der Waals surface area contributed by atoms with Crippen LogP contribution in [0.15, 0.2) is 0 Å². The van der Waals surface area contributed by atoms with Crippen LogP contribution < -0.4 is 10.6 Å². The summed E-state index contributed by atoms with van der Waals surface area (Å²) in [5, 5.41) is 6.05. The second-order valence-electron chi connectivity index (χ2n) is 13.5. The molecular formula is C38H54N4O17. The molecule has 0 aromatic heterocycles. The highest BCUT2D eigenvalue weighted by Gasteiger charge is 2.33. The molecule has 21 heteroatoms. The summed E-state index contributed by atoms with van der Waals surface area (Å²) in [5.41, 5.74) is 0. The molecule has 21 nitrogen and oxygen atoms in total. The molecule has 2 aliphatic rings. The van der Waals surface area contributed by atoms with E-state index in [-0.39, 0.29) is 102 Å². The molecule has 0 radical (unpaired) electrons. The highest BCUT2D eigenvalue weighted by atomic mass is 16.7. The molecule has 0 aromatic carbocycles. The van der Waals surface area contributed by atoms with E-state index in [9.17, 15) is 62.3 Å². The van der Waals surface area contributed by atoms with Crippen molar-refractivity contribution in [3.8, 4) is 0 Å². The Labute approximate surface area is 340 Å². The number of carbonyl (C=O) groups excluding carboxylic acids is 13. The van der Waals surface area contributed by atoms with Gasteiger partial charge in [-0.05, 0) is 44.9 Å². The number of aldehydes is 4. The molecule has 2 unspecified atom stereocenters. The monoisotopic (exact) mass is 838 g/mol. The van der Waals surface area contributed by atoms with Crippen LogP contribution in [0.4, 0.5) is 9.59 Å². The summed E-state index contributed by atoms with van der Waals surface area (Å²) in [6.07, 6.45) is 6.42. The number of carbonyl (C=O) groups is 13. The zero-order valence-electron chi connectivity index (χ0n) is 33.1. The molecule has 2 rings (SSSR count). The number of ketones is 1. The van der Waals surface area contributed by atoms with E-state index in [1.165, 1.54) is 0 Å². The molecule has 2 aliphatic heterocycles. The van der Waals surface area contributed by atoms with Crippen molar-refractivity contribution in [1.82, 2.24) is 20.8 Å². The van der Waals surface area contributed by atoms with E-state index in [4.69, 9.17) is 19.1 Å². The lowest BCUT2D eigenvalue weighted by molar-refractivity contribution is -0.197. The van der Waals surface area contributed by atoms with Crippen LogP contribution in [0, 0.1) is 11.8 Å². The smallest absolute Gasteiger partial charge is 0.407 e. The Bertz CT molecular complexity index is 1440. The molecule has 2 N–H and O–H groups in total. The summed E-state index contributed by atoms with van der Waals surface area (Å²) < 4.78 is 10.0. The van der Waals surface area contributed by atoms with Crippen molar-refractivity contribution in [2.24, 2.45) is 11.8 Å². The van der Waals surface area contributed by atoms with Crippen LogP contribution in [-0.2, 0) is 71.9 Å². The number of unbranched alkanes of at least 4 members (excludes halogenated alkanes) is 2. The number of amides is 6. The second kappa shape index (κ2) is 31.1. The van der Waals surface area contributed by atoms with Gasteiger partial charge in [0.05, 0.1) is 13.2 Å².